The molecule has 2 N–H and O–H groups in total. The van der Waals surface area contributed by atoms with Gasteiger partial charge in [0, 0.05) is 45.8 Å². The Bertz CT molecular complexity index is 529. The van der Waals surface area contributed by atoms with Crippen LogP contribution in [-0.2, 0) is 6.54 Å². The molecule has 2 aliphatic rings. The van der Waals surface area contributed by atoms with Gasteiger partial charge in [-0.15, -0.1) is 0 Å². The first kappa shape index (κ1) is 20.6. The molecule has 1 aromatic rings. The van der Waals surface area contributed by atoms with E-state index < -0.39 is 0 Å². The smallest absolute Gasteiger partial charge is 0.119 e. The van der Waals surface area contributed by atoms with Crippen molar-refractivity contribution in [2.45, 2.75) is 45.3 Å². The van der Waals surface area contributed by atoms with Crippen LogP contribution in [0.25, 0.3) is 0 Å². The summed E-state index contributed by atoms with van der Waals surface area (Å²) in [7, 11) is 0. The van der Waals surface area contributed by atoms with E-state index in [1.165, 1.54) is 31.5 Å². The SMILES string of the molecule is C[C@H]1CCCN(CCOc2ccc(CNCCN3CCC(O)CC3)cc2)C1. The van der Waals surface area contributed by atoms with Crippen LogP contribution in [0.3, 0.4) is 0 Å². The van der Waals surface area contributed by atoms with Crippen molar-refractivity contribution < 1.29 is 9.84 Å². The molecule has 3 rings (SSSR count). The number of aliphatic hydroxyl groups is 1. The molecule has 0 unspecified atom stereocenters. The highest BCUT2D eigenvalue weighted by Gasteiger charge is 2.16. The Morgan fingerprint density at radius 1 is 1.04 bits per heavy atom. The quantitative estimate of drug-likeness (QED) is 0.649. The molecule has 2 heterocycles. The van der Waals surface area contributed by atoms with Crippen LogP contribution < -0.4 is 10.1 Å². The predicted octanol–water partition coefficient (Wildman–Crippen LogP) is 2.34. The predicted molar refractivity (Wildman–Crippen MR) is 110 cm³/mol. The Balaban J connectivity index is 1.27. The molecule has 1 atom stereocenters. The van der Waals surface area contributed by atoms with Crippen molar-refractivity contribution in [3.05, 3.63) is 29.8 Å². The molecular formula is C22H37N3O2. The van der Waals surface area contributed by atoms with Gasteiger partial charge in [-0.2, -0.15) is 0 Å². The number of ether oxygens (including phenoxy) is 1. The number of piperidine rings is 2. The van der Waals surface area contributed by atoms with Gasteiger partial charge in [-0.3, -0.25) is 4.90 Å². The summed E-state index contributed by atoms with van der Waals surface area (Å²) in [4.78, 5) is 4.95. The number of likely N-dealkylation sites (tertiary alicyclic amines) is 2. The van der Waals surface area contributed by atoms with Crippen LogP contribution in [0.5, 0.6) is 5.75 Å². The van der Waals surface area contributed by atoms with Crippen LogP contribution in [0.2, 0.25) is 0 Å². The molecule has 5 nitrogen and oxygen atoms in total. The lowest BCUT2D eigenvalue weighted by atomic mass is 10.0. The molecule has 0 aromatic heterocycles. The van der Waals surface area contributed by atoms with Gasteiger partial charge in [-0.1, -0.05) is 19.1 Å². The van der Waals surface area contributed by atoms with Crippen LogP contribution >= 0.6 is 0 Å². The average molecular weight is 376 g/mol. The largest absolute Gasteiger partial charge is 0.492 e. The van der Waals surface area contributed by atoms with Gasteiger partial charge in [0.2, 0.25) is 0 Å². The van der Waals surface area contributed by atoms with Crippen molar-refractivity contribution in [2.75, 3.05) is 52.4 Å². The van der Waals surface area contributed by atoms with E-state index in [0.29, 0.717) is 0 Å². The second-order valence-corrected chi connectivity index (χ2v) is 8.29. The second-order valence-electron chi connectivity index (χ2n) is 8.29. The first-order chi connectivity index (χ1) is 13.2. The third kappa shape index (κ3) is 7.41. The topological polar surface area (TPSA) is 48.0 Å². The first-order valence-corrected chi connectivity index (χ1v) is 10.7. The number of nitrogens with zero attached hydrogens (tertiary/aromatic N) is 2. The fourth-order valence-corrected chi connectivity index (χ4v) is 4.10. The van der Waals surface area contributed by atoms with Crippen LogP contribution in [0, 0.1) is 5.92 Å². The summed E-state index contributed by atoms with van der Waals surface area (Å²) in [5.74, 6) is 1.79. The van der Waals surface area contributed by atoms with Crippen molar-refractivity contribution in [2.24, 2.45) is 5.92 Å². The Morgan fingerprint density at radius 2 is 1.81 bits per heavy atom. The minimum Gasteiger partial charge on any atom is -0.492 e. The van der Waals surface area contributed by atoms with Crippen molar-refractivity contribution in [1.82, 2.24) is 15.1 Å². The molecule has 0 amide bonds. The molecule has 0 radical (unpaired) electrons. The molecule has 152 valence electrons. The molecule has 2 saturated heterocycles. The van der Waals surface area contributed by atoms with Crippen LogP contribution in [0.1, 0.15) is 38.2 Å². The Morgan fingerprint density at radius 3 is 2.56 bits per heavy atom. The molecule has 2 fully saturated rings. The zero-order chi connectivity index (χ0) is 18.9. The van der Waals surface area contributed by atoms with E-state index in [0.717, 1.165) is 70.4 Å². The third-order valence-electron chi connectivity index (χ3n) is 5.83. The van der Waals surface area contributed by atoms with Gasteiger partial charge in [-0.25, -0.2) is 0 Å². The molecule has 0 aliphatic carbocycles. The maximum absolute atomic E-state index is 9.55. The van der Waals surface area contributed by atoms with E-state index >= 15 is 0 Å². The van der Waals surface area contributed by atoms with Crippen LogP contribution in [0.4, 0.5) is 0 Å². The lowest BCUT2D eigenvalue weighted by Crippen LogP contribution is -2.39. The molecule has 1 aromatic carbocycles. The zero-order valence-electron chi connectivity index (χ0n) is 16.9. The standard InChI is InChI=1S/C22H37N3O2/c1-19-3-2-11-25(18-19)15-16-27-22-6-4-20(5-7-22)17-23-10-14-24-12-8-21(26)9-13-24/h4-7,19,21,23,26H,2-3,8-18H2,1H3/t19-/m0/s1. The highest BCUT2D eigenvalue weighted by Crippen LogP contribution is 2.16. The van der Waals surface area contributed by atoms with Gasteiger partial charge >= 0.3 is 0 Å². The minimum atomic E-state index is -0.0849. The molecule has 0 saturated carbocycles. The monoisotopic (exact) mass is 375 g/mol. The number of hydrogen-bond donors (Lipinski definition) is 2. The van der Waals surface area contributed by atoms with Crippen LogP contribution in [0.15, 0.2) is 24.3 Å². The van der Waals surface area contributed by atoms with Crippen molar-refractivity contribution in [3.63, 3.8) is 0 Å². The van der Waals surface area contributed by atoms with E-state index in [-0.39, 0.29) is 6.10 Å². The van der Waals surface area contributed by atoms with E-state index in [9.17, 15) is 5.11 Å². The number of nitrogens with one attached hydrogen (secondary N) is 1. The normalized spacial score (nSPS) is 22.8. The summed E-state index contributed by atoms with van der Waals surface area (Å²) >= 11 is 0. The number of aliphatic hydroxyl groups excluding tert-OH is 1. The van der Waals surface area contributed by atoms with E-state index in [4.69, 9.17) is 4.74 Å². The summed E-state index contributed by atoms with van der Waals surface area (Å²) in [5, 5.41) is 13.1. The Kier molecular flexibility index (Phi) is 8.39. The van der Waals surface area contributed by atoms with Crippen LogP contribution in [-0.4, -0.2) is 73.4 Å². The van der Waals surface area contributed by atoms with Gasteiger partial charge in [0.25, 0.3) is 0 Å². The Labute approximate surface area is 164 Å². The number of rotatable bonds is 9. The lowest BCUT2D eigenvalue weighted by Gasteiger charge is -2.30. The maximum Gasteiger partial charge on any atom is 0.119 e. The first-order valence-electron chi connectivity index (χ1n) is 10.7. The summed E-state index contributed by atoms with van der Waals surface area (Å²) in [6.45, 7) is 11.6. The number of hydrogen-bond acceptors (Lipinski definition) is 5. The second kappa shape index (κ2) is 11.0. The van der Waals surface area contributed by atoms with E-state index in [2.05, 4.69) is 46.3 Å². The van der Waals surface area contributed by atoms with Gasteiger partial charge in [-0.05, 0) is 55.8 Å². The average Bonchev–Trinajstić information content (AvgIpc) is 2.68. The number of benzene rings is 1. The fraction of sp³-hybridized carbons (Fsp3) is 0.727. The van der Waals surface area contributed by atoms with Gasteiger partial charge < -0.3 is 20.1 Å². The summed E-state index contributed by atoms with van der Waals surface area (Å²) in [6, 6.07) is 8.48. The van der Waals surface area contributed by atoms with Crippen molar-refractivity contribution >= 4 is 0 Å². The van der Waals surface area contributed by atoms with Gasteiger partial charge in [0.05, 0.1) is 6.10 Å². The zero-order valence-corrected chi connectivity index (χ0v) is 16.9. The van der Waals surface area contributed by atoms with Gasteiger partial charge in [0.15, 0.2) is 0 Å². The maximum atomic E-state index is 9.55. The molecule has 2 aliphatic heterocycles. The fourth-order valence-electron chi connectivity index (χ4n) is 4.10. The van der Waals surface area contributed by atoms with Crippen molar-refractivity contribution in [1.29, 1.82) is 0 Å². The van der Waals surface area contributed by atoms with E-state index in [1.807, 2.05) is 0 Å². The molecule has 0 bridgehead atoms. The summed E-state index contributed by atoms with van der Waals surface area (Å²) in [6.07, 6.45) is 4.44. The minimum absolute atomic E-state index is 0.0849. The molecule has 5 heteroatoms. The lowest BCUT2D eigenvalue weighted by molar-refractivity contribution is 0.0830. The summed E-state index contributed by atoms with van der Waals surface area (Å²) < 4.78 is 5.92. The van der Waals surface area contributed by atoms with E-state index in [1.54, 1.807) is 0 Å². The van der Waals surface area contributed by atoms with Crippen molar-refractivity contribution in [3.8, 4) is 5.75 Å². The molecule has 27 heavy (non-hydrogen) atoms. The summed E-state index contributed by atoms with van der Waals surface area (Å²) in [5.41, 5.74) is 1.29. The van der Waals surface area contributed by atoms with Gasteiger partial charge in [0.1, 0.15) is 12.4 Å². The highest BCUT2D eigenvalue weighted by molar-refractivity contribution is 5.27. The molecular weight excluding hydrogens is 338 g/mol. The molecule has 0 spiro atoms. The Hall–Kier alpha value is -1.14. The third-order valence-corrected chi connectivity index (χ3v) is 5.83. The highest BCUT2D eigenvalue weighted by atomic mass is 16.5.